The van der Waals surface area contributed by atoms with E-state index in [0.717, 1.165) is 25.3 Å². The molecule has 0 bridgehead atoms. The molecule has 5 heteroatoms. The van der Waals surface area contributed by atoms with Crippen LogP contribution in [0.3, 0.4) is 0 Å². The minimum absolute atomic E-state index is 0.248. The van der Waals surface area contributed by atoms with Crippen molar-refractivity contribution in [2.45, 2.75) is 25.7 Å². The summed E-state index contributed by atoms with van der Waals surface area (Å²) in [6, 6.07) is 3.64. The van der Waals surface area contributed by atoms with Gasteiger partial charge in [-0.3, -0.25) is 4.79 Å². The highest BCUT2D eigenvalue weighted by atomic mass is 19.1. The van der Waals surface area contributed by atoms with E-state index >= 15 is 0 Å². The molecular formula is C15H19F2NO2. The molecule has 1 aromatic rings. The van der Waals surface area contributed by atoms with E-state index in [4.69, 9.17) is 5.11 Å². The standard InChI is InChI=1S/C15H19F2NO2/c16-13-6-5-12(14(17)8-13)4-3-11-2-1-7-18(9-11)15(20)10-19/h5-6,8,11,19H,1-4,7,9-10H2/t11-/m1/s1. The fourth-order valence-electron chi connectivity index (χ4n) is 2.71. The first-order chi connectivity index (χ1) is 9.60. The van der Waals surface area contributed by atoms with Crippen molar-refractivity contribution < 1.29 is 18.7 Å². The second kappa shape index (κ2) is 6.79. The van der Waals surface area contributed by atoms with E-state index in [1.165, 1.54) is 12.1 Å². The quantitative estimate of drug-likeness (QED) is 0.919. The van der Waals surface area contributed by atoms with Crippen LogP contribution in [0, 0.1) is 17.6 Å². The van der Waals surface area contributed by atoms with E-state index in [1.54, 1.807) is 4.90 Å². The lowest BCUT2D eigenvalue weighted by Gasteiger charge is -2.32. The molecule has 0 spiro atoms. The molecule has 1 fully saturated rings. The van der Waals surface area contributed by atoms with Crippen LogP contribution in [0.1, 0.15) is 24.8 Å². The summed E-state index contributed by atoms with van der Waals surface area (Å²) >= 11 is 0. The third kappa shape index (κ3) is 3.76. The monoisotopic (exact) mass is 283 g/mol. The van der Waals surface area contributed by atoms with Gasteiger partial charge in [-0.2, -0.15) is 0 Å². The van der Waals surface area contributed by atoms with Gasteiger partial charge in [0, 0.05) is 19.2 Å². The molecule has 1 aliphatic heterocycles. The second-order valence-electron chi connectivity index (χ2n) is 5.28. The van der Waals surface area contributed by atoms with Crippen LogP contribution in [-0.4, -0.2) is 35.6 Å². The topological polar surface area (TPSA) is 40.5 Å². The zero-order valence-electron chi connectivity index (χ0n) is 11.3. The van der Waals surface area contributed by atoms with Crippen molar-refractivity contribution in [2.75, 3.05) is 19.7 Å². The lowest BCUT2D eigenvalue weighted by Crippen LogP contribution is -2.41. The summed E-state index contributed by atoms with van der Waals surface area (Å²) in [4.78, 5) is 13.1. The van der Waals surface area contributed by atoms with Crippen molar-refractivity contribution in [3.05, 3.63) is 35.4 Å². The van der Waals surface area contributed by atoms with Crippen LogP contribution in [0.2, 0.25) is 0 Å². The number of carbonyl (C=O) groups excluding carboxylic acids is 1. The van der Waals surface area contributed by atoms with E-state index in [2.05, 4.69) is 0 Å². The lowest BCUT2D eigenvalue weighted by molar-refractivity contribution is -0.136. The fourth-order valence-corrected chi connectivity index (χ4v) is 2.71. The number of benzene rings is 1. The number of nitrogens with zero attached hydrogens (tertiary/aromatic N) is 1. The van der Waals surface area contributed by atoms with Crippen molar-refractivity contribution >= 4 is 5.91 Å². The van der Waals surface area contributed by atoms with E-state index in [9.17, 15) is 13.6 Å². The Morgan fingerprint density at radius 1 is 1.40 bits per heavy atom. The van der Waals surface area contributed by atoms with Gasteiger partial charge in [0.05, 0.1) is 0 Å². The van der Waals surface area contributed by atoms with Crippen molar-refractivity contribution in [1.82, 2.24) is 4.90 Å². The summed E-state index contributed by atoms with van der Waals surface area (Å²) < 4.78 is 26.3. The number of hydrogen-bond donors (Lipinski definition) is 1. The van der Waals surface area contributed by atoms with Gasteiger partial charge in [-0.25, -0.2) is 8.78 Å². The largest absolute Gasteiger partial charge is 0.387 e. The van der Waals surface area contributed by atoms with Crippen molar-refractivity contribution in [3.63, 3.8) is 0 Å². The SMILES string of the molecule is O=C(CO)N1CCC[C@H](CCc2ccc(F)cc2F)C1. The molecular weight excluding hydrogens is 264 g/mol. The molecule has 0 aliphatic carbocycles. The van der Waals surface area contributed by atoms with Gasteiger partial charge < -0.3 is 10.0 Å². The third-order valence-corrected chi connectivity index (χ3v) is 3.84. The molecule has 0 saturated carbocycles. The Morgan fingerprint density at radius 2 is 2.20 bits per heavy atom. The summed E-state index contributed by atoms with van der Waals surface area (Å²) in [7, 11) is 0. The van der Waals surface area contributed by atoms with Gasteiger partial charge in [-0.05, 0) is 43.2 Å². The van der Waals surface area contributed by atoms with Crippen LogP contribution in [-0.2, 0) is 11.2 Å². The summed E-state index contributed by atoms with van der Waals surface area (Å²) in [5.41, 5.74) is 0.511. The molecule has 1 atom stereocenters. The van der Waals surface area contributed by atoms with Crippen LogP contribution >= 0.6 is 0 Å². The summed E-state index contributed by atoms with van der Waals surface area (Å²) in [5, 5.41) is 8.87. The van der Waals surface area contributed by atoms with Crippen LogP contribution in [0.5, 0.6) is 0 Å². The molecule has 0 aromatic heterocycles. The summed E-state index contributed by atoms with van der Waals surface area (Å²) in [6.45, 7) is 0.836. The molecule has 20 heavy (non-hydrogen) atoms. The molecule has 1 heterocycles. The van der Waals surface area contributed by atoms with Crippen molar-refractivity contribution in [3.8, 4) is 0 Å². The number of aliphatic hydroxyl groups is 1. The number of amides is 1. The first-order valence-corrected chi connectivity index (χ1v) is 6.92. The highest BCUT2D eigenvalue weighted by molar-refractivity contribution is 5.77. The van der Waals surface area contributed by atoms with Gasteiger partial charge in [-0.1, -0.05) is 6.07 Å². The average molecular weight is 283 g/mol. The van der Waals surface area contributed by atoms with Crippen LogP contribution in [0.25, 0.3) is 0 Å². The zero-order valence-corrected chi connectivity index (χ0v) is 11.3. The Morgan fingerprint density at radius 3 is 2.90 bits per heavy atom. The third-order valence-electron chi connectivity index (χ3n) is 3.84. The van der Waals surface area contributed by atoms with Gasteiger partial charge in [-0.15, -0.1) is 0 Å². The number of halogens is 2. The van der Waals surface area contributed by atoms with Gasteiger partial charge in [0.25, 0.3) is 0 Å². The predicted octanol–water partition coefficient (Wildman–Crippen LogP) is 2.13. The molecule has 0 unspecified atom stereocenters. The molecule has 1 amide bonds. The van der Waals surface area contributed by atoms with Crippen LogP contribution < -0.4 is 0 Å². The Bertz CT molecular complexity index is 479. The number of aliphatic hydroxyl groups excluding tert-OH is 1. The number of aryl methyl sites for hydroxylation is 1. The maximum Gasteiger partial charge on any atom is 0.248 e. The molecule has 1 aliphatic rings. The lowest BCUT2D eigenvalue weighted by atomic mass is 9.91. The first kappa shape index (κ1) is 14.9. The fraction of sp³-hybridized carbons (Fsp3) is 0.533. The second-order valence-corrected chi connectivity index (χ2v) is 5.28. The molecule has 3 nitrogen and oxygen atoms in total. The molecule has 1 N–H and O–H groups in total. The average Bonchev–Trinajstić information content (AvgIpc) is 2.46. The molecule has 0 radical (unpaired) electrons. The molecule has 110 valence electrons. The smallest absolute Gasteiger partial charge is 0.248 e. The van der Waals surface area contributed by atoms with Crippen LogP contribution in [0.4, 0.5) is 8.78 Å². The Labute approximate surface area is 117 Å². The maximum absolute atomic E-state index is 13.5. The first-order valence-electron chi connectivity index (χ1n) is 6.92. The van der Waals surface area contributed by atoms with E-state index in [-0.39, 0.29) is 5.91 Å². The normalized spacial score (nSPS) is 19.1. The summed E-state index contributed by atoms with van der Waals surface area (Å²) in [6.07, 6.45) is 3.20. The van der Waals surface area contributed by atoms with Crippen LogP contribution in [0.15, 0.2) is 18.2 Å². The number of rotatable bonds is 4. The number of likely N-dealkylation sites (tertiary alicyclic amines) is 1. The van der Waals surface area contributed by atoms with E-state index in [1.807, 2.05) is 0 Å². The Kier molecular flexibility index (Phi) is 5.06. The van der Waals surface area contributed by atoms with Crippen molar-refractivity contribution in [1.29, 1.82) is 0 Å². The minimum atomic E-state index is -0.566. The minimum Gasteiger partial charge on any atom is -0.387 e. The number of hydrogen-bond acceptors (Lipinski definition) is 2. The Balaban J connectivity index is 1.88. The van der Waals surface area contributed by atoms with E-state index < -0.39 is 18.2 Å². The van der Waals surface area contributed by atoms with Crippen molar-refractivity contribution in [2.24, 2.45) is 5.92 Å². The number of piperidine rings is 1. The Hall–Kier alpha value is -1.49. The summed E-state index contributed by atoms with van der Waals surface area (Å²) in [5.74, 6) is -1.01. The van der Waals surface area contributed by atoms with E-state index in [0.29, 0.717) is 31.0 Å². The number of carbonyl (C=O) groups is 1. The molecule has 2 rings (SSSR count). The van der Waals surface area contributed by atoms with Gasteiger partial charge in [0.2, 0.25) is 5.91 Å². The molecule has 1 saturated heterocycles. The highest BCUT2D eigenvalue weighted by Gasteiger charge is 2.23. The highest BCUT2D eigenvalue weighted by Crippen LogP contribution is 2.22. The zero-order chi connectivity index (χ0) is 14.5. The van der Waals surface area contributed by atoms with Gasteiger partial charge >= 0.3 is 0 Å². The van der Waals surface area contributed by atoms with Gasteiger partial charge in [0.1, 0.15) is 18.2 Å². The maximum atomic E-state index is 13.5. The molecule has 1 aromatic carbocycles. The van der Waals surface area contributed by atoms with Gasteiger partial charge in [0.15, 0.2) is 0 Å². The predicted molar refractivity (Wildman–Crippen MR) is 71.1 cm³/mol.